The smallest absolute Gasteiger partial charge is 0.274 e. The Balaban J connectivity index is 2.15. The SMILES string of the molecule is Nc1ccc(Br)cc1C(=O)NCc1ccccc1[N+](=O)[O-]. The number of hydrogen-bond acceptors (Lipinski definition) is 4. The number of anilines is 1. The second kappa shape index (κ2) is 6.36. The second-order valence-electron chi connectivity index (χ2n) is 4.30. The zero-order chi connectivity index (χ0) is 15.4. The summed E-state index contributed by atoms with van der Waals surface area (Å²) in [5, 5.41) is 13.5. The van der Waals surface area contributed by atoms with Gasteiger partial charge in [-0.05, 0) is 18.2 Å². The maximum atomic E-state index is 12.1. The molecule has 0 aliphatic rings. The minimum atomic E-state index is -0.477. The first-order valence-electron chi connectivity index (χ1n) is 6.04. The van der Waals surface area contributed by atoms with E-state index in [-0.39, 0.29) is 18.1 Å². The molecule has 2 rings (SSSR count). The van der Waals surface area contributed by atoms with E-state index in [0.717, 1.165) is 4.47 Å². The topological polar surface area (TPSA) is 98.3 Å². The summed E-state index contributed by atoms with van der Waals surface area (Å²) in [6, 6.07) is 11.2. The van der Waals surface area contributed by atoms with E-state index in [1.165, 1.54) is 6.07 Å². The summed E-state index contributed by atoms with van der Waals surface area (Å²) in [6.45, 7) is 0.0575. The van der Waals surface area contributed by atoms with Gasteiger partial charge in [-0.25, -0.2) is 0 Å². The lowest BCUT2D eigenvalue weighted by Gasteiger charge is -2.08. The van der Waals surface area contributed by atoms with Gasteiger partial charge >= 0.3 is 0 Å². The quantitative estimate of drug-likeness (QED) is 0.503. The molecule has 0 aliphatic carbocycles. The van der Waals surface area contributed by atoms with Gasteiger partial charge in [-0.2, -0.15) is 0 Å². The number of nitro benzene ring substituents is 1. The van der Waals surface area contributed by atoms with Crippen LogP contribution in [0.4, 0.5) is 11.4 Å². The molecule has 0 bridgehead atoms. The van der Waals surface area contributed by atoms with E-state index >= 15 is 0 Å². The summed E-state index contributed by atoms with van der Waals surface area (Å²) in [4.78, 5) is 22.5. The molecular weight excluding hydrogens is 338 g/mol. The molecule has 3 N–H and O–H groups in total. The van der Waals surface area contributed by atoms with Gasteiger partial charge in [0.15, 0.2) is 0 Å². The van der Waals surface area contributed by atoms with Gasteiger partial charge in [0.25, 0.3) is 11.6 Å². The van der Waals surface area contributed by atoms with Crippen LogP contribution in [-0.4, -0.2) is 10.8 Å². The van der Waals surface area contributed by atoms with Crippen LogP contribution in [0.25, 0.3) is 0 Å². The fraction of sp³-hybridized carbons (Fsp3) is 0.0714. The molecule has 0 fully saturated rings. The van der Waals surface area contributed by atoms with E-state index in [2.05, 4.69) is 21.2 Å². The standard InChI is InChI=1S/C14H12BrN3O3/c15-10-5-6-12(16)11(7-10)14(19)17-8-9-3-1-2-4-13(9)18(20)21/h1-7H,8,16H2,(H,17,19). The Kier molecular flexibility index (Phi) is 4.54. The molecule has 2 aromatic carbocycles. The van der Waals surface area contributed by atoms with Gasteiger partial charge in [-0.1, -0.05) is 34.1 Å². The molecule has 0 heterocycles. The fourth-order valence-electron chi connectivity index (χ4n) is 1.83. The van der Waals surface area contributed by atoms with Crippen molar-refractivity contribution in [2.45, 2.75) is 6.54 Å². The maximum absolute atomic E-state index is 12.1. The van der Waals surface area contributed by atoms with Crippen molar-refractivity contribution in [1.29, 1.82) is 0 Å². The number of nitrogen functional groups attached to an aromatic ring is 1. The second-order valence-corrected chi connectivity index (χ2v) is 5.22. The lowest BCUT2D eigenvalue weighted by molar-refractivity contribution is -0.385. The lowest BCUT2D eigenvalue weighted by Crippen LogP contribution is -2.24. The molecule has 7 heteroatoms. The van der Waals surface area contributed by atoms with E-state index in [1.807, 2.05) is 0 Å². The van der Waals surface area contributed by atoms with Crippen molar-refractivity contribution in [2.75, 3.05) is 5.73 Å². The van der Waals surface area contributed by atoms with Crippen LogP contribution in [0.2, 0.25) is 0 Å². The number of carbonyl (C=O) groups excluding carboxylic acids is 1. The normalized spacial score (nSPS) is 10.1. The molecule has 0 saturated carbocycles. The Morgan fingerprint density at radius 2 is 2.00 bits per heavy atom. The molecule has 0 aliphatic heterocycles. The number of nitrogens with one attached hydrogen (secondary N) is 1. The minimum absolute atomic E-state index is 0.0278. The van der Waals surface area contributed by atoms with Crippen molar-refractivity contribution in [3.63, 3.8) is 0 Å². The summed E-state index contributed by atoms with van der Waals surface area (Å²) < 4.78 is 0.729. The fourth-order valence-corrected chi connectivity index (χ4v) is 2.20. The van der Waals surface area contributed by atoms with Crippen molar-refractivity contribution in [1.82, 2.24) is 5.32 Å². The number of nitro groups is 1. The van der Waals surface area contributed by atoms with Gasteiger partial charge in [-0.15, -0.1) is 0 Å². The number of nitrogens with zero attached hydrogens (tertiary/aromatic N) is 1. The zero-order valence-electron chi connectivity index (χ0n) is 10.9. The number of halogens is 1. The number of carbonyl (C=O) groups is 1. The third-order valence-corrected chi connectivity index (χ3v) is 3.38. The minimum Gasteiger partial charge on any atom is -0.398 e. The van der Waals surface area contributed by atoms with Crippen LogP contribution in [0.15, 0.2) is 46.9 Å². The molecule has 0 aromatic heterocycles. The summed E-state index contributed by atoms with van der Waals surface area (Å²) >= 11 is 3.27. The molecule has 2 aromatic rings. The average Bonchev–Trinajstić information content (AvgIpc) is 2.47. The van der Waals surface area contributed by atoms with Crippen molar-refractivity contribution in [3.05, 3.63) is 68.2 Å². The molecule has 0 saturated heterocycles. The molecule has 1 amide bonds. The van der Waals surface area contributed by atoms with Gasteiger partial charge in [0.1, 0.15) is 0 Å². The highest BCUT2D eigenvalue weighted by molar-refractivity contribution is 9.10. The van der Waals surface area contributed by atoms with Gasteiger partial charge in [0.05, 0.1) is 10.5 Å². The van der Waals surface area contributed by atoms with Crippen molar-refractivity contribution in [3.8, 4) is 0 Å². The summed E-state index contributed by atoms with van der Waals surface area (Å²) in [5.74, 6) is -0.382. The van der Waals surface area contributed by atoms with E-state index in [9.17, 15) is 14.9 Å². The Bertz CT molecular complexity index is 704. The number of hydrogen-bond donors (Lipinski definition) is 2. The van der Waals surface area contributed by atoms with E-state index in [0.29, 0.717) is 16.8 Å². The van der Waals surface area contributed by atoms with Gasteiger partial charge in [0.2, 0.25) is 0 Å². The maximum Gasteiger partial charge on any atom is 0.274 e. The van der Waals surface area contributed by atoms with E-state index < -0.39 is 4.92 Å². The Labute approximate surface area is 129 Å². The van der Waals surface area contributed by atoms with Gasteiger partial charge in [-0.3, -0.25) is 14.9 Å². The van der Waals surface area contributed by atoms with Crippen molar-refractivity contribution >= 4 is 33.2 Å². The third-order valence-electron chi connectivity index (χ3n) is 2.89. The number of benzene rings is 2. The van der Waals surface area contributed by atoms with Crippen LogP contribution in [0, 0.1) is 10.1 Å². The molecule has 6 nitrogen and oxygen atoms in total. The van der Waals surface area contributed by atoms with Gasteiger partial charge in [0, 0.05) is 28.3 Å². The van der Waals surface area contributed by atoms with Crippen LogP contribution >= 0.6 is 15.9 Å². The van der Waals surface area contributed by atoms with E-state index in [1.54, 1.807) is 36.4 Å². The van der Waals surface area contributed by atoms with Crippen LogP contribution in [0.1, 0.15) is 15.9 Å². The number of nitrogens with two attached hydrogens (primary N) is 1. The molecular formula is C14H12BrN3O3. The van der Waals surface area contributed by atoms with Crippen molar-refractivity contribution in [2.24, 2.45) is 0 Å². The lowest BCUT2D eigenvalue weighted by atomic mass is 10.1. The van der Waals surface area contributed by atoms with Crippen molar-refractivity contribution < 1.29 is 9.72 Å². The van der Waals surface area contributed by atoms with E-state index in [4.69, 9.17) is 5.73 Å². The highest BCUT2D eigenvalue weighted by atomic mass is 79.9. The molecule has 0 atom stereocenters. The number of para-hydroxylation sites is 1. The highest BCUT2D eigenvalue weighted by Crippen LogP contribution is 2.20. The molecule has 21 heavy (non-hydrogen) atoms. The molecule has 0 radical (unpaired) electrons. The monoisotopic (exact) mass is 349 g/mol. The predicted molar refractivity (Wildman–Crippen MR) is 82.8 cm³/mol. The summed E-state index contributed by atoms with van der Waals surface area (Å²) in [6.07, 6.45) is 0. The van der Waals surface area contributed by atoms with Gasteiger partial charge < -0.3 is 11.1 Å². The molecule has 0 unspecified atom stereocenters. The first kappa shape index (κ1) is 15.0. The first-order chi connectivity index (χ1) is 9.99. The predicted octanol–water partition coefficient (Wildman–Crippen LogP) is 2.87. The van der Waals surface area contributed by atoms with Crippen LogP contribution in [0.5, 0.6) is 0 Å². The van der Waals surface area contributed by atoms with Crippen LogP contribution in [-0.2, 0) is 6.54 Å². The Morgan fingerprint density at radius 3 is 2.71 bits per heavy atom. The summed E-state index contributed by atoms with van der Waals surface area (Å²) in [5.41, 5.74) is 6.82. The van der Waals surface area contributed by atoms with Crippen LogP contribution < -0.4 is 11.1 Å². The highest BCUT2D eigenvalue weighted by Gasteiger charge is 2.15. The largest absolute Gasteiger partial charge is 0.398 e. The number of amides is 1. The first-order valence-corrected chi connectivity index (χ1v) is 6.84. The third kappa shape index (κ3) is 3.57. The van der Waals surface area contributed by atoms with Crippen LogP contribution in [0.3, 0.4) is 0 Å². The Hall–Kier alpha value is -2.41. The Morgan fingerprint density at radius 1 is 1.29 bits per heavy atom. The zero-order valence-corrected chi connectivity index (χ0v) is 12.5. The number of rotatable bonds is 4. The summed E-state index contributed by atoms with van der Waals surface area (Å²) in [7, 11) is 0. The molecule has 108 valence electrons. The molecule has 0 spiro atoms. The average molecular weight is 350 g/mol.